The van der Waals surface area contributed by atoms with Crippen LogP contribution in [0.2, 0.25) is 0 Å². The van der Waals surface area contributed by atoms with Crippen molar-refractivity contribution in [2.75, 3.05) is 5.43 Å². The Morgan fingerprint density at radius 3 is 2.04 bits per heavy atom. The maximum Gasteiger partial charge on any atom is 0.422 e. The average molecular weight is 352 g/mol. The normalized spacial score (nSPS) is 12.0. The largest absolute Gasteiger partial charge is 0.508 e. The first kappa shape index (κ1) is 17.6. The molecule has 0 radical (unpaired) electrons. The molecule has 2 aromatic rings. The number of phenolic OH excluding ortho intramolecular Hbond substituents is 1. The second-order valence-corrected chi connectivity index (χ2v) is 4.47. The Morgan fingerprint density at radius 2 is 1.54 bits per heavy atom. The van der Waals surface area contributed by atoms with E-state index in [0.717, 1.165) is 6.21 Å². The van der Waals surface area contributed by atoms with Gasteiger partial charge in [0.15, 0.2) is 23.3 Å². The lowest BCUT2D eigenvalue weighted by atomic mass is 10.1. The molecule has 0 aliphatic rings. The first-order chi connectivity index (χ1) is 11.1. The second-order valence-electron chi connectivity index (χ2n) is 4.47. The Kier molecular flexibility index (Phi) is 4.67. The van der Waals surface area contributed by atoms with Crippen LogP contribution in [0.5, 0.6) is 5.75 Å². The van der Waals surface area contributed by atoms with Gasteiger partial charge in [-0.05, 0) is 17.7 Å². The molecule has 24 heavy (non-hydrogen) atoms. The third kappa shape index (κ3) is 3.42. The van der Waals surface area contributed by atoms with Crippen molar-refractivity contribution in [3.63, 3.8) is 0 Å². The molecule has 0 aliphatic heterocycles. The Hall–Kier alpha value is -2.78. The van der Waals surface area contributed by atoms with Gasteiger partial charge in [-0.15, -0.1) is 0 Å². The number of phenols is 1. The van der Waals surface area contributed by atoms with Crippen LogP contribution in [0.25, 0.3) is 0 Å². The number of nitrogens with one attached hydrogen (secondary N) is 1. The van der Waals surface area contributed by atoms with Crippen molar-refractivity contribution in [3.05, 3.63) is 58.7 Å². The minimum absolute atomic E-state index is 0.150. The number of rotatable bonds is 3. The number of benzene rings is 2. The van der Waals surface area contributed by atoms with Crippen molar-refractivity contribution in [3.8, 4) is 5.75 Å². The first-order valence-electron chi connectivity index (χ1n) is 6.14. The zero-order valence-electron chi connectivity index (χ0n) is 11.4. The van der Waals surface area contributed by atoms with Crippen molar-refractivity contribution in [2.24, 2.45) is 5.10 Å². The van der Waals surface area contributed by atoms with Crippen LogP contribution >= 0.6 is 0 Å². The summed E-state index contributed by atoms with van der Waals surface area (Å²) in [6.45, 7) is 0. The van der Waals surface area contributed by atoms with Gasteiger partial charge in [-0.3, -0.25) is 5.43 Å². The molecule has 0 bridgehead atoms. The zero-order valence-corrected chi connectivity index (χ0v) is 11.4. The van der Waals surface area contributed by atoms with Gasteiger partial charge in [-0.25, -0.2) is 17.6 Å². The minimum atomic E-state index is -5.61. The molecule has 10 heteroatoms. The summed E-state index contributed by atoms with van der Waals surface area (Å²) in [5.41, 5.74) is -2.34. The minimum Gasteiger partial charge on any atom is -0.508 e. The standard InChI is InChI=1S/C14H7F7N2O/c15-9-8(14(19,20)21)10(16)12(18)13(11(9)17)23-22-5-6-2-1-3-7(24)4-6/h1-5,23-24H/b22-5+. The number of anilines is 1. The Balaban J connectivity index is 2.38. The molecule has 0 spiro atoms. The number of halogens is 7. The summed E-state index contributed by atoms with van der Waals surface area (Å²) in [5, 5.41) is 12.5. The van der Waals surface area contributed by atoms with Crippen LogP contribution in [0.15, 0.2) is 29.4 Å². The highest BCUT2D eigenvalue weighted by Crippen LogP contribution is 2.38. The highest BCUT2D eigenvalue weighted by atomic mass is 19.4. The molecule has 2 N–H and O–H groups in total. The van der Waals surface area contributed by atoms with Gasteiger partial charge in [0.2, 0.25) is 0 Å². The van der Waals surface area contributed by atoms with Crippen molar-refractivity contribution in [1.82, 2.24) is 0 Å². The van der Waals surface area contributed by atoms with E-state index in [2.05, 4.69) is 5.10 Å². The van der Waals surface area contributed by atoms with Crippen LogP contribution in [0.3, 0.4) is 0 Å². The summed E-state index contributed by atoms with van der Waals surface area (Å²) in [6.07, 6.45) is -4.69. The number of nitrogens with zero attached hydrogens (tertiary/aromatic N) is 1. The van der Waals surface area contributed by atoms with E-state index in [4.69, 9.17) is 0 Å². The molecule has 0 atom stereocenters. The fourth-order valence-electron chi connectivity index (χ4n) is 1.76. The van der Waals surface area contributed by atoms with Gasteiger partial charge in [0, 0.05) is 0 Å². The highest BCUT2D eigenvalue weighted by Gasteiger charge is 2.42. The van der Waals surface area contributed by atoms with Crippen molar-refractivity contribution in [1.29, 1.82) is 0 Å². The number of hydrogen-bond acceptors (Lipinski definition) is 3. The molecule has 0 aliphatic carbocycles. The van der Waals surface area contributed by atoms with Gasteiger partial charge in [0.05, 0.1) is 6.21 Å². The predicted molar refractivity (Wildman–Crippen MR) is 70.6 cm³/mol. The maximum absolute atomic E-state index is 13.6. The van der Waals surface area contributed by atoms with Gasteiger partial charge in [0.25, 0.3) is 0 Å². The lowest BCUT2D eigenvalue weighted by Crippen LogP contribution is -2.16. The monoisotopic (exact) mass is 352 g/mol. The zero-order chi connectivity index (χ0) is 18.1. The molecule has 0 aromatic heterocycles. The highest BCUT2D eigenvalue weighted by molar-refractivity contribution is 5.80. The SMILES string of the molecule is Oc1cccc(/C=N/Nc2c(F)c(F)c(C(F)(F)F)c(F)c2F)c1. The Morgan fingerprint density at radius 1 is 0.958 bits per heavy atom. The van der Waals surface area contributed by atoms with E-state index in [1.807, 2.05) is 0 Å². The van der Waals surface area contributed by atoms with Crippen molar-refractivity contribution in [2.45, 2.75) is 6.18 Å². The van der Waals surface area contributed by atoms with Crippen LogP contribution in [-0.2, 0) is 6.18 Å². The fraction of sp³-hybridized carbons (Fsp3) is 0.0714. The maximum atomic E-state index is 13.6. The van der Waals surface area contributed by atoms with E-state index < -0.39 is 40.7 Å². The summed E-state index contributed by atoms with van der Waals surface area (Å²) in [6, 6.07) is 5.36. The van der Waals surface area contributed by atoms with Gasteiger partial charge in [-0.1, -0.05) is 12.1 Å². The van der Waals surface area contributed by atoms with Crippen LogP contribution in [0.4, 0.5) is 36.4 Å². The van der Waals surface area contributed by atoms with E-state index in [1.54, 1.807) is 5.43 Å². The van der Waals surface area contributed by atoms with Crippen molar-refractivity contribution < 1.29 is 35.8 Å². The molecule has 128 valence electrons. The van der Waals surface area contributed by atoms with E-state index >= 15 is 0 Å². The van der Waals surface area contributed by atoms with Crippen LogP contribution in [0, 0.1) is 23.3 Å². The number of aromatic hydroxyl groups is 1. The van der Waals surface area contributed by atoms with Crippen molar-refractivity contribution >= 4 is 11.9 Å². The first-order valence-corrected chi connectivity index (χ1v) is 6.14. The molecule has 0 fully saturated rings. The molecule has 3 nitrogen and oxygen atoms in total. The average Bonchev–Trinajstić information content (AvgIpc) is 2.47. The van der Waals surface area contributed by atoms with Crippen LogP contribution in [0.1, 0.15) is 11.1 Å². The summed E-state index contributed by atoms with van der Waals surface area (Å²) < 4.78 is 91.2. The van der Waals surface area contributed by atoms with Gasteiger partial charge in [0.1, 0.15) is 17.0 Å². The van der Waals surface area contributed by atoms with E-state index in [9.17, 15) is 35.8 Å². The molecule has 2 aromatic carbocycles. The molecule has 0 heterocycles. The van der Waals surface area contributed by atoms with Gasteiger partial charge < -0.3 is 5.11 Å². The lowest BCUT2D eigenvalue weighted by Gasteiger charge is -2.13. The molecule has 0 saturated carbocycles. The fourth-order valence-corrected chi connectivity index (χ4v) is 1.76. The third-order valence-corrected chi connectivity index (χ3v) is 2.81. The van der Waals surface area contributed by atoms with E-state index in [-0.39, 0.29) is 11.3 Å². The Bertz CT molecular complexity index is 773. The van der Waals surface area contributed by atoms with Crippen LogP contribution < -0.4 is 5.43 Å². The number of hydrogen-bond donors (Lipinski definition) is 2. The number of alkyl halides is 3. The summed E-state index contributed by atoms with van der Waals surface area (Å²) >= 11 is 0. The summed E-state index contributed by atoms with van der Waals surface area (Å²) in [7, 11) is 0. The smallest absolute Gasteiger partial charge is 0.422 e. The second kappa shape index (κ2) is 6.38. The van der Waals surface area contributed by atoms with Gasteiger partial charge >= 0.3 is 6.18 Å². The summed E-state index contributed by atoms with van der Waals surface area (Å²) in [4.78, 5) is 0. The van der Waals surface area contributed by atoms with Gasteiger partial charge in [-0.2, -0.15) is 18.3 Å². The molecule has 0 amide bonds. The molecule has 0 unspecified atom stereocenters. The van der Waals surface area contributed by atoms with E-state index in [0.29, 0.717) is 0 Å². The Labute approximate surface area is 130 Å². The molecule has 2 rings (SSSR count). The predicted octanol–water partition coefficient (Wildman–Crippen LogP) is 4.41. The molecular formula is C14H7F7N2O. The van der Waals surface area contributed by atoms with E-state index in [1.165, 1.54) is 24.3 Å². The van der Waals surface area contributed by atoms with Crippen LogP contribution in [-0.4, -0.2) is 11.3 Å². The summed E-state index contributed by atoms with van der Waals surface area (Å²) in [5.74, 6) is -9.86. The molecular weight excluding hydrogens is 345 g/mol. The topological polar surface area (TPSA) is 44.6 Å². The third-order valence-electron chi connectivity index (χ3n) is 2.81. The molecule has 0 saturated heterocycles. The quantitative estimate of drug-likeness (QED) is 0.372. The number of hydrazone groups is 1. The lowest BCUT2D eigenvalue weighted by molar-refractivity contribution is -0.143.